The van der Waals surface area contributed by atoms with E-state index in [1.54, 1.807) is 19.4 Å². The van der Waals surface area contributed by atoms with E-state index in [-0.39, 0.29) is 12.1 Å². The highest BCUT2D eigenvalue weighted by Gasteiger charge is 2.18. The van der Waals surface area contributed by atoms with Crippen molar-refractivity contribution in [1.29, 1.82) is 0 Å². The molecule has 0 fully saturated rings. The monoisotopic (exact) mass is 363 g/mol. The number of aryl methyl sites for hydroxylation is 1. The molecule has 0 aliphatic heterocycles. The minimum Gasteiger partial charge on any atom is -0.492 e. The first-order valence-corrected chi connectivity index (χ1v) is 8.39. The topological polar surface area (TPSA) is 85.8 Å². The van der Waals surface area contributed by atoms with E-state index in [2.05, 4.69) is 10.3 Å². The molecule has 27 heavy (non-hydrogen) atoms. The van der Waals surface area contributed by atoms with E-state index in [1.165, 1.54) is 10.6 Å². The number of rotatable bonds is 4. The summed E-state index contributed by atoms with van der Waals surface area (Å²) >= 11 is 0. The number of hydrogen-bond donors (Lipinski definition) is 1. The Balaban J connectivity index is 1.63. The van der Waals surface area contributed by atoms with Crippen molar-refractivity contribution in [1.82, 2.24) is 14.7 Å². The van der Waals surface area contributed by atoms with Crippen LogP contribution in [-0.2, 0) is 6.54 Å². The summed E-state index contributed by atoms with van der Waals surface area (Å²) in [5.74, 6) is 0.526. The van der Waals surface area contributed by atoms with Crippen LogP contribution in [0.15, 0.2) is 58.0 Å². The molecule has 0 saturated heterocycles. The zero-order valence-electron chi connectivity index (χ0n) is 14.9. The number of nitrogens with zero attached hydrogens (tertiary/aromatic N) is 2. The van der Waals surface area contributed by atoms with Gasteiger partial charge in [-0.05, 0) is 30.7 Å². The van der Waals surface area contributed by atoms with Gasteiger partial charge in [0.15, 0.2) is 11.5 Å². The van der Waals surface area contributed by atoms with Crippen molar-refractivity contribution < 1.29 is 13.9 Å². The third kappa shape index (κ3) is 2.83. The van der Waals surface area contributed by atoms with Gasteiger partial charge in [0.05, 0.1) is 19.0 Å². The number of carbonyl (C=O) groups excluding carboxylic acids is 1. The lowest BCUT2D eigenvalue weighted by Gasteiger charge is -2.07. The minimum atomic E-state index is -0.522. The fourth-order valence-electron chi connectivity index (χ4n) is 3.07. The lowest BCUT2D eigenvalue weighted by Crippen LogP contribution is -2.31. The van der Waals surface area contributed by atoms with E-state index < -0.39 is 11.5 Å². The van der Waals surface area contributed by atoms with Crippen LogP contribution >= 0.6 is 0 Å². The fourth-order valence-corrected chi connectivity index (χ4v) is 3.07. The molecule has 4 rings (SSSR count). The van der Waals surface area contributed by atoms with Gasteiger partial charge in [-0.3, -0.25) is 14.0 Å². The average Bonchev–Trinajstić information content (AvgIpc) is 3.04. The van der Waals surface area contributed by atoms with Crippen LogP contribution in [0.1, 0.15) is 21.7 Å². The number of amides is 1. The van der Waals surface area contributed by atoms with E-state index in [9.17, 15) is 9.59 Å². The molecule has 7 heteroatoms. The molecule has 4 aromatic rings. The maximum atomic E-state index is 12.6. The SMILES string of the molecule is COc1c(CNC(=O)c2cnc3c(C)cccn3c2=O)oc2ccccc12. The Morgan fingerprint density at radius 1 is 1.26 bits per heavy atom. The molecule has 7 nitrogen and oxygen atoms in total. The van der Waals surface area contributed by atoms with E-state index in [4.69, 9.17) is 9.15 Å². The molecule has 1 amide bonds. The zero-order valence-corrected chi connectivity index (χ0v) is 14.9. The summed E-state index contributed by atoms with van der Waals surface area (Å²) in [6, 6.07) is 11.0. The summed E-state index contributed by atoms with van der Waals surface area (Å²) in [5.41, 5.74) is 1.60. The molecule has 0 spiro atoms. The lowest BCUT2D eigenvalue weighted by atomic mass is 10.2. The van der Waals surface area contributed by atoms with Gasteiger partial charge < -0.3 is 14.5 Å². The van der Waals surface area contributed by atoms with Crippen molar-refractivity contribution in [3.63, 3.8) is 0 Å². The van der Waals surface area contributed by atoms with Crippen LogP contribution in [0.3, 0.4) is 0 Å². The zero-order chi connectivity index (χ0) is 19.0. The van der Waals surface area contributed by atoms with Crippen molar-refractivity contribution in [3.05, 3.63) is 76.0 Å². The molecule has 0 radical (unpaired) electrons. The Hall–Kier alpha value is -3.61. The number of ether oxygens (including phenoxy) is 1. The van der Waals surface area contributed by atoms with Crippen molar-refractivity contribution in [2.75, 3.05) is 7.11 Å². The molecule has 1 aromatic carbocycles. The molecular weight excluding hydrogens is 346 g/mol. The predicted molar refractivity (Wildman–Crippen MR) is 100 cm³/mol. The molecule has 0 aliphatic rings. The highest BCUT2D eigenvalue weighted by atomic mass is 16.5. The summed E-state index contributed by atoms with van der Waals surface area (Å²) in [6.45, 7) is 1.95. The third-order valence-electron chi connectivity index (χ3n) is 4.40. The fraction of sp³-hybridized carbons (Fsp3) is 0.150. The van der Waals surface area contributed by atoms with Gasteiger partial charge in [-0.2, -0.15) is 0 Å². The highest BCUT2D eigenvalue weighted by molar-refractivity contribution is 5.94. The van der Waals surface area contributed by atoms with Crippen LogP contribution in [0.4, 0.5) is 0 Å². The van der Waals surface area contributed by atoms with Crippen LogP contribution in [0.5, 0.6) is 5.75 Å². The second-order valence-electron chi connectivity index (χ2n) is 6.10. The Morgan fingerprint density at radius 3 is 2.89 bits per heavy atom. The summed E-state index contributed by atoms with van der Waals surface area (Å²) < 4.78 is 12.5. The lowest BCUT2D eigenvalue weighted by molar-refractivity contribution is 0.0946. The molecular formula is C20H17N3O4. The van der Waals surface area contributed by atoms with Gasteiger partial charge in [-0.1, -0.05) is 18.2 Å². The Bertz CT molecular complexity index is 1220. The summed E-state index contributed by atoms with van der Waals surface area (Å²) in [6.07, 6.45) is 2.90. The van der Waals surface area contributed by atoms with Crippen molar-refractivity contribution in [3.8, 4) is 5.75 Å². The third-order valence-corrected chi connectivity index (χ3v) is 4.40. The number of fused-ring (bicyclic) bond motifs is 2. The molecule has 3 heterocycles. The quantitative estimate of drug-likeness (QED) is 0.602. The second kappa shape index (κ2) is 6.60. The summed E-state index contributed by atoms with van der Waals surface area (Å²) in [4.78, 5) is 29.4. The summed E-state index contributed by atoms with van der Waals surface area (Å²) in [5, 5.41) is 3.53. The normalized spacial score (nSPS) is 11.0. The van der Waals surface area contributed by atoms with E-state index in [0.29, 0.717) is 22.7 Å². The van der Waals surface area contributed by atoms with Gasteiger partial charge in [-0.15, -0.1) is 0 Å². The number of pyridine rings is 1. The van der Waals surface area contributed by atoms with Gasteiger partial charge in [0.2, 0.25) is 0 Å². The van der Waals surface area contributed by atoms with Crippen LogP contribution < -0.4 is 15.6 Å². The van der Waals surface area contributed by atoms with E-state index >= 15 is 0 Å². The van der Waals surface area contributed by atoms with Crippen LogP contribution in [-0.4, -0.2) is 22.4 Å². The molecule has 0 saturated carbocycles. The number of carbonyl (C=O) groups is 1. The van der Waals surface area contributed by atoms with E-state index in [0.717, 1.165) is 10.9 Å². The Morgan fingerprint density at radius 2 is 2.07 bits per heavy atom. The average molecular weight is 363 g/mol. The maximum absolute atomic E-state index is 12.6. The maximum Gasteiger partial charge on any atom is 0.270 e. The van der Waals surface area contributed by atoms with Gasteiger partial charge in [0, 0.05) is 12.4 Å². The molecule has 0 bridgehead atoms. The molecule has 0 atom stereocenters. The molecule has 1 N–H and O–H groups in total. The largest absolute Gasteiger partial charge is 0.492 e. The van der Waals surface area contributed by atoms with Gasteiger partial charge in [0.25, 0.3) is 11.5 Å². The Kier molecular flexibility index (Phi) is 4.12. The molecule has 0 unspecified atom stereocenters. The number of hydrogen-bond acceptors (Lipinski definition) is 5. The first kappa shape index (κ1) is 16.8. The molecule has 0 aliphatic carbocycles. The smallest absolute Gasteiger partial charge is 0.270 e. The first-order chi connectivity index (χ1) is 13.1. The number of para-hydroxylation sites is 1. The summed E-state index contributed by atoms with van der Waals surface area (Å²) in [7, 11) is 1.55. The minimum absolute atomic E-state index is 0.0341. The number of methoxy groups -OCH3 is 1. The van der Waals surface area contributed by atoms with Gasteiger partial charge in [0.1, 0.15) is 16.8 Å². The van der Waals surface area contributed by atoms with Crippen LogP contribution in [0.25, 0.3) is 16.6 Å². The van der Waals surface area contributed by atoms with Crippen LogP contribution in [0, 0.1) is 6.92 Å². The Labute approximate surface area is 154 Å². The van der Waals surface area contributed by atoms with Crippen molar-refractivity contribution in [2.45, 2.75) is 13.5 Å². The number of nitrogens with one attached hydrogen (secondary N) is 1. The highest BCUT2D eigenvalue weighted by Crippen LogP contribution is 2.32. The molecule has 3 aromatic heterocycles. The number of benzene rings is 1. The van der Waals surface area contributed by atoms with Crippen molar-refractivity contribution >= 4 is 22.5 Å². The van der Waals surface area contributed by atoms with E-state index in [1.807, 2.05) is 37.3 Å². The van der Waals surface area contributed by atoms with Crippen molar-refractivity contribution in [2.24, 2.45) is 0 Å². The van der Waals surface area contributed by atoms with Gasteiger partial charge >= 0.3 is 0 Å². The second-order valence-corrected chi connectivity index (χ2v) is 6.10. The standard InChI is InChI=1S/C20H17N3O4/c1-12-6-5-9-23-18(12)21-10-14(20(23)25)19(24)22-11-16-17(26-2)13-7-3-4-8-15(13)27-16/h3-10H,11H2,1-2H3,(H,22,24). The molecule has 136 valence electrons. The van der Waals surface area contributed by atoms with Crippen LogP contribution in [0.2, 0.25) is 0 Å². The number of aromatic nitrogens is 2. The number of furan rings is 1. The predicted octanol–water partition coefficient (Wildman–Crippen LogP) is 2.69. The first-order valence-electron chi connectivity index (χ1n) is 8.39. The van der Waals surface area contributed by atoms with Gasteiger partial charge in [-0.25, -0.2) is 4.98 Å².